The quantitative estimate of drug-likeness (QED) is 0.862. The monoisotopic (exact) mass is 325 g/mol. The van der Waals surface area contributed by atoms with Crippen molar-refractivity contribution in [3.63, 3.8) is 0 Å². The number of benzene rings is 1. The lowest BCUT2D eigenvalue weighted by Gasteiger charge is -2.32. The average molecular weight is 326 g/mol. The molecule has 0 bridgehead atoms. The molecule has 0 spiro atoms. The third-order valence-electron chi connectivity index (χ3n) is 3.83. The van der Waals surface area contributed by atoms with E-state index in [2.05, 4.69) is 10.6 Å². The first-order valence-corrected chi connectivity index (χ1v) is 7.48. The van der Waals surface area contributed by atoms with Gasteiger partial charge in [-0.25, -0.2) is 0 Å². The Morgan fingerprint density at radius 3 is 2.73 bits per heavy atom. The minimum absolute atomic E-state index is 0. The zero-order valence-corrected chi connectivity index (χ0v) is 13.9. The van der Waals surface area contributed by atoms with Crippen molar-refractivity contribution in [1.29, 1.82) is 0 Å². The Balaban J connectivity index is 0.00000242. The molecule has 1 aliphatic heterocycles. The fourth-order valence-corrected chi connectivity index (χ4v) is 2.58. The van der Waals surface area contributed by atoms with E-state index < -0.39 is 6.04 Å². The van der Waals surface area contributed by atoms with Gasteiger partial charge < -0.3 is 15.5 Å². The fraction of sp³-hybridized carbons (Fsp3) is 0.500. The van der Waals surface area contributed by atoms with Crippen LogP contribution in [-0.2, 0) is 9.59 Å². The lowest BCUT2D eigenvalue weighted by atomic mass is 10.1. The van der Waals surface area contributed by atoms with Crippen LogP contribution in [0.2, 0.25) is 0 Å². The van der Waals surface area contributed by atoms with Gasteiger partial charge in [0, 0.05) is 19.6 Å². The molecule has 2 amide bonds. The van der Waals surface area contributed by atoms with Crippen LogP contribution in [0, 0.1) is 0 Å². The lowest BCUT2D eigenvalue weighted by molar-refractivity contribution is -0.138. The number of hydrogen-bond acceptors (Lipinski definition) is 3. The van der Waals surface area contributed by atoms with Crippen molar-refractivity contribution in [2.75, 3.05) is 19.6 Å². The van der Waals surface area contributed by atoms with E-state index in [0.717, 1.165) is 12.1 Å². The number of carbonyl (C=O) groups is 2. The van der Waals surface area contributed by atoms with Gasteiger partial charge in [-0.2, -0.15) is 0 Å². The second-order valence-electron chi connectivity index (χ2n) is 5.33. The Morgan fingerprint density at radius 2 is 2.09 bits per heavy atom. The predicted molar refractivity (Wildman–Crippen MR) is 88.9 cm³/mol. The van der Waals surface area contributed by atoms with Crippen LogP contribution in [0.25, 0.3) is 0 Å². The molecule has 0 radical (unpaired) electrons. The molecule has 0 saturated carbocycles. The molecule has 5 nitrogen and oxygen atoms in total. The highest BCUT2D eigenvalue weighted by atomic mass is 35.5. The summed E-state index contributed by atoms with van der Waals surface area (Å²) in [5, 5.41) is 6.07. The Labute approximate surface area is 137 Å². The first-order valence-electron chi connectivity index (χ1n) is 7.48. The molecular weight excluding hydrogens is 302 g/mol. The third kappa shape index (κ3) is 4.71. The maximum Gasteiger partial charge on any atom is 0.240 e. The number of rotatable bonds is 5. The number of halogens is 1. The number of piperazine rings is 1. The molecule has 22 heavy (non-hydrogen) atoms. The van der Waals surface area contributed by atoms with Gasteiger partial charge in [0.05, 0.1) is 18.5 Å². The molecule has 0 aliphatic carbocycles. The van der Waals surface area contributed by atoms with Gasteiger partial charge >= 0.3 is 0 Å². The molecule has 2 atom stereocenters. The summed E-state index contributed by atoms with van der Waals surface area (Å²) in [6.07, 6.45) is 0.187. The van der Waals surface area contributed by atoms with Crippen LogP contribution in [0.4, 0.5) is 0 Å². The second-order valence-corrected chi connectivity index (χ2v) is 5.33. The van der Waals surface area contributed by atoms with Crippen molar-refractivity contribution in [2.45, 2.75) is 32.4 Å². The van der Waals surface area contributed by atoms with E-state index in [1.807, 2.05) is 44.2 Å². The number of nitrogens with zero attached hydrogens (tertiary/aromatic N) is 1. The van der Waals surface area contributed by atoms with Crippen molar-refractivity contribution < 1.29 is 9.59 Å². The van der Waals surface area contributed by atoms with E-state index in [0.29, 0.717) is 13.1 Å². The molecule has 2 unspecified atom stereocenters. The smallest absolute Gasteiger partial charge is 0.240 e. The molecule has 0 aromatic heterocycles. The van der Waals surface area contributed by atoms with E-state index in [1.54, 1.807) is 4.90 Å². The van der Waals surface area contributed by atoms with Crippen LogP contribution in [-0.4, -0.2) is 42.4 Å². The maximum atomic E-state index is 12.1. The number of carbonyl (C=O) groups excluding carboxylic acids is 2. The van der Waals surface area contributed by atoms with Gasteiger partial charge in [-0.15, -0.1) is 12.4 Å². The van der Waals surface area contributed by atoms with Gasteiger partial charge in [-0.3, -0.25) is 9.59 Å². The summed E-state index contributed by atoms with van der Waals surface area (Å²) in [5.41, 5.74) is 1.06. The SMILES string of the molecule is CCN1CCNC(CC(=O)NC(C)c2ccccc2)C1=O.Cl. The summed E-state index contributed by atoms with van der Waals surface area (Å²) >= 11 is 0. The molecule has 1 heterocycles. The van der Waals surface area contributed by atoms with E-state index >= 15 is 0 Å². The third-order valence-corrected chi connectivity index (χ3v) is 3.83. The largest absolute Gasteiger partial charge is 0.350 e. The highest BCUT2D eigenvalue weighted by Crippen LogP contribution is 2.12. The maximum absolute atomic E-state index is 12.1. The molecule has 1 aromatic carbocycles. The standard InChI is InChI=1S/C16H23N3O2.ClH/c1-3-19-10-9-17-14(16(19)21)11-15(20)18-12(2)13-7-5-4-6-8-13;/h4-8,12,14,17H,3,9-11H2,1-2H3,(H,18,20);1H. The zero-order valence-electron chi connectivity index (χ0n) is 13.0. The van der Waals surface area contributed by atoms with Gasteiger partial charge in [0.25, 0.3) is 0 Å². The van der Waals surface area contributed by atoms with Crippen LogP contribution in [0.5, 0.6) is 0 Å². The summed E-state index contributed by atoms with van der Waals surface area (Å²) in [5.74, 6) is -0.0820. The van der Waals surface area contributed by atoms with Crippen LogP contribution in [0.1, 0.15) is 31.9 Å². The Morgan fingerprint density at radius 1 is 1.41 bits per heavy atom. The van der Waals surface area contributed by atoms with Crippen molar-refractivity contribution in [2.24, 2.45) is 0 Å². The minimum Gasteiger partial charge on any atom is -0.350 e. The molecule has 2 rings (SSSR count). The van der Waals surface area contributed by atoms with Crippen LogP contribution < -0.4 is 10.6 Å². The number of nitrogens with one attached hydrogen (secondary N) is 2. The summed E-state index contributed by atoms with van der Waals surface area (Å²) < 4.78 is 0. The van der Waals surface area contributed by atoms with Gasteiger partial charge in [0.2, 0.25) is 11.8 Å². The highest BCUT2D eigenvalue weighted by molar-refractivity contribution is 5.89. The predicted octanol–water partition coefficient (Wildman–Crippen LogP) is 1.50. The van der Waals surface area contributed by atoms with Crippen molar-refractivity contribution >= 4 is 24.2 Å². The molecule has 1 fully saturated rings. The summed E-state index contributed by atoms with van der Waals surface area (Å²) in [6.45, 7) is 6.05. The van der Waals surface area contributed by atoms with E-state index in [1.165, 1.54) is 0 Å². The minimum atomic E-state index is -0.401. The molecule has 6 heteroatoms. The number of likely N-dealkylation sites (N-methyl/N-ethyl adjacent to an activating group) is 1. The average Bonchev–Trinajstić information content (AvgIpc) is 2.50. The van der Waals surface area contributed by atoms with Gasteiger partial charge in [-0.1, -0.05) is 30.3 Å². The van der Waals surface area contributed by atoms with Crippen molar-refractivity contribution in [1.82, 2.24) is 15.5 Å². The molecule has 1 saturated heterocycles. The summed E-state index contributed by atoms with van der Waals surface area (Å²) in [4.78, 5) is 26.0. The van der Waals surface area contributed by atoms with Gasteiger partial charge in [-0.05, 0) is 19.4 Å². The Hall–Kier alpha value is -1.59. The van der Waals surface area contributed by atoms with E-state index in [9.17, 15) is 9.59 Å². The normalized spacial score (nSPS) is 19.3. The first-order chi connectivity index (χ1) is 10.1. The lowest BCUT2D eigenvalue weighted by Crippen LogP contribution is -2.56. The molecular formula is C16H24ClN3O2. The highest BCUT2D eigenvalue weighted by Gasteiger charge is 2.29. The Kier molecular flexibility index (Phi) is 7.35. The van der Waals surface area contributed by atoms with Gasteiger partial charge in [0.1, 0.15) is 0 Å². The summed E-state index contributed by atoms with van der Waals surface area (Å²) in [6, 6.07) is 9.34. The summed E-state index contributed by atoms with van der Waals surface area (Å²) in [7, 11) is 0. The molecule has 1 aliphatic rings. The molecule has 122 valence electrons. The number of amides is 2. The van der Waals surface area contributed by atoms with Crippen LogP contribution >= 0.6 is 12.4 Å². The van der Waals surface area contributed by atoms with E-state index in [4.69, 9.17) is 0 Å². The topological polar surface area (TPSA) is 61.4 Å². The van der Waals surface area contributed by atoms with E-state index in [-0.39, 0.29) is 36.7 Å². The van der Waals surface area contributed by atoms with Crippen molar-refractivity contribution in [3.05, 3.63) is 35.9 Å². The fourth-order valence-electron chi connectivity index (χ4n) is 2.58. The Bertz CT molecular complexity index is 495. The molecule has 2 N–H and O–H groups in total. The van der Waals surface area contributed by atoms with Gasteiger partial charge in [0.15, 0.2) is 0 Å². The molecule has 1 aromatic rings. The number of hydrogen-bond donors (Lipinski definition) is 2. The van der Waals surface area contributed by atoms with Crippen LogP contribution in [0.3, 0.4) is 0 Å². The van der Waals surface area contributed by atoms with Crippen molar-refractivity contribution in [3.8, 4) is 0 Å². The zero-order chi connectivity index (χ0) is 15.2. The first kappa shape index (κ1) is 18.5. The van der Waals surface area contributed by atoms with Crippen LogP contribution in [0.15, 0.2) is 30.3 Å². The second kappa shape index (κ2) is 8.76.